The van der Waals surface area contributed by atoms with Crippen LogP contribution in [0.1, 0.15) is 23.6 Å². The number of aryl methyl sites for hydroxylation is 1. The molecule has 0 aromatic heterocycles. The minimum absolute atomic E-state index is 0.0582. The van der Waals surface area contributed by atoms with E-state index in [1.807, 2.05) is 42.5 Å². The van der Waals surface area contributed by atoms with Crippen molar-refractivity contribution in [2.45, 2.75) is 18.9 Å². The van der Waals surface area contributed by atoms with E-state index < -0.39 is 0 Å². The van der Waals surface area contributed by atoms with Crippen LogP contribution in [0.3, 0.4) is 0 Å². The maximum Gasteiger partial charge on any atom is 0.258 e. The van der Waals surface area contributed by atoms with Crippen LogP contribution in [0.2, 0.25) is 0 Å². The Bertz CT molecular complexity index is 595. The maximum atomic E-state index is 11.9. The number of benzene rings is 2. The van der Waals surface area contributed by atoms with E-state index in [2.05, 4.69) is 17.4 Å². The average molecular weight is 267 g/mol. The topological polar surface area (TPSA) is 38.3 Å². The summed E-state index contributed by atoms with van der Waals surface area (Å²) in [7, 11) is 0. The van der Waals surface area contributed by atoms with Crippen molar-refractivity contribution in [1.29, 1.82) is 0 Å². The van der Waals surface area contributed by atoms with Crippen molar-refractivity contribution in [1.82, 2.24) is 5.32 Å². The largest absolute Gasteiger partial charge is 0.484 e. The Morgan fingerprint density at radius 2 is 1.85 bits per heavy atom. The second kappa shape index (κ2) is 5.78. The van der Waals surface area contributed by atoms with Crippen molar-refractivity contribution in [2.75, 3.05) is 6.61 Å². The number of carbonyl (C=O) groups excluding carboxylic acids is 1. The molecule has 0 bridgehead atoms. The Balaban J connectivity index is 1.55. The van der Waals surface area contributed by atoms with Gasteiger partial charge < -0.3 is 10.1 Å². The van der Waals surface area contributed by atoms with Crippen molar-refractivity contribution in [3.8, 4) is 5.75 Å². The standard InChI is InChI=1S/C17H17NO2/c19-17(12-20-14-7-2-1-3-8-14)18-16-11-10-13-6-4-5-9-15(13)16/h1-9,16H,10-12H2,(H,18,19)/t16-/m1/s1. The van der Waals surface area contributed by atoms with Gasteiger partial charge in [-0.25, -0.2) is 0 Å². The molecule has 2 aromatic rings. The molecule has 3 nitrogen and oxygen atoms in total. The van der Waals surface area contributed by atoms with Crippen molar-refractivity contribution < 1.29 is 9.53 Å². The van der Waals surface area contributed by atoms with Gasteiger partial charge in [-0.2, -0.15) is 0 Å². The molecular formula is C17H17NO2. The van der Waals surface area contributed by atoms with Gasteiger partial charge in [0, 0.05) is 0 Å². The lowest BCUT2D eigenvalue weighted by Gasteiger charge is -2.14. The number of amides is 1. The number of carbonyl (C=O) groups is 1. The van der Waals surface area contributed by atoms with Crippen LogP contribution in [0.5, 0.6) is 5.75 Å². The zero-order chi connectivity index (χ0) is 13.8. The molecule has 0 aliphatic heterocycles. The predicted molar refractivity (Wildman–Crippen MR) is 77.6 cm³/mol. The summed E-state index contributed by atoms with van der Waals surface area (Å²) in [4.78, 5) is 11.9. The zero-order valence-electron chi connectivity index (χ0n) is 11.2. The highest BCUT2D eigenvalue weighted by atomic mass is 16.5. The van der Waals surface area contributed by atoms with E-state index in [1.54, 1.807) is 0 Å². The number of rotatable bonds is 4. The van der Waals surface area contributed by atoms with E-state index in [-0.39, 0.29) is 18.6 Å². The van der Waals surface area contributed by atoms with Gasteiger partial charge in [0.05, 0.1) is 6.04 Å². The highest BCUT2D eigenvalue weighted by Crippen LogP contribution is 2.30. The Labute approximate surface area is 118 Å². The molecule has 1 N–H and O–H groups in total. The molecule has 0 unspecified atom stereocenters. The molecule has 0 saturated heterocycles. The third-order valence-electron chi connectivity index (χ3n) is 3.58. The first-order chi connectivity index (χ1) is 9.83. The van der Waals surface area contributed by atoms with E-state index in [0.29, 0.717) is 0 Å². The Kier molecular flexibility index (Phi) is 3.68. The van der Waals surface area contributed by atoms with E-state index in [0.717, 1.165) is 18.6 Å². The smallest absolute Gasteiger partial charge is 0.258 e. The minimum atomic E-state index is -0.0736. The molecule has 1 atom stereocenters. The molecule has 0 spiro atoms. The lowest BCUT2D eigenvalue weighted by molar-refractivity contribution is -0.123. The molecule has 1 aliphatic rings. The first-order valence-corrected chi connectivity index (χ1v) is 6.88. The fourth-order valence-electron chi connectivity index (χ4n) is 2.61. The number of hydrogen-bond donors (Lipinski definition) is 1. The highest BCUT2D eigenvalue weighted by molar-refractivity contribution is 5.78. The van der Waals surface area contributed by atoms with E-state index >= 15 is 0 Å². The van der Waals surface area contributed by atoms with Crippen LogP contribution in [0, 0.1) is 0 Å². The summed E-state index contributed by atoms with van der Waals surface area (Å²) in [5.74, 6) is 0.644. The molecule has 3 heteroatoms. The number of nitrogens with one attached hydrogen (secondary N) is 1. The molecule has 0 saturated carbocycles. The lowest BCUT2D eigenvalue weighted by Crippen LogP contribution is -2.31. The molecule has 2 aromatic carbocycles. The van der Waals surface area contributed by atoms with Crippen LogP contribution in [0.25, 0.3) is 0 Å². The quantitative estimate of drug-likeness (QED) is 0.925. The molecule has 1 aliphatic carbocycles. The van der Waals surface area contributed by atoms with Gasteiger partial charge in [0.2, 0.25) is 0 Å². The van der Waals surface area contributed by atoms with Crippen LogP contribution in [0.15, 0.2) is 54.6 Å². The minimum Gasteiger partial charge on any atom is -0.484 e. The van der Waals surface area contributed by atoms with Gasteiger partial charge in [-0.15, -0.1) is 0 Å². The highest BCUT2D eigenvalue weighted by Gasteiger charge is 2.23. The Morgan fingerprint density at radius 3 is 2.70 bits per heavy atom. The molecular weight excluding hydrogens is 250 g/mol. The van der Waals surface area contributed by atoms with Crippen molar-refractivity contribution in [2.24, 2.45) is 0 Å². The zero-order valence-corrected chi connectivity index (χ0v) is 11.2. The molecule has 0 fully saturated rings. The molecule has 1 amide bonds. The number of para-hydroxylation sites is 1. The van der Waals surface area contributed by atoms with Gasteiger partial charge in [-0.05, 0) is 36.1 Å². The van der Waals surface area contributed by atoms with Gasteiger partial charge in [-0.1, -0.05) is 42.5 Å². The first kappa shape index (κ1) is 12.7. The normalized spacial score (nSPS) is 16.5. The summed E-state index contributed by atoms with van der Waals surface area (Å²) in [6.07, 6.45) is 2.00. The monoisotopic (exact) mass is 267 g/mol. The number of ether oxygens (including phenoxy) is 1. The van der Waals surface area contributed by atoms with E-state index in [9.17, 15) is 4.79 Å². The second-order valence-corrected chi connectivity index (χ2v) is 4.96. The molecule has 3 rings (SSSR count). The summed E-state index contributed by atoms with van der Waals surface area (Å²) in [5, 5.41) is 3.04. The fourth-order valence-corrected chi connectivity index (χ4v) is 2.61. The van der Waals surface area contributed by atoms with Crippen LogP contribution < -0.4 is 10.1 Å². The van der Waals surface area contributed by atoms with Crippen molar-refractivity contribution >= 4 is 5.91 Å². The number of hydrogen-bond acceptors (Lipinski definition) is 2. The van der Waals surface area contributed by atoms with E-state index in [1.165, 1.54) is 11.1 Å². The first-order valence-electron chi connectivity index (χ1n) is 6.88. The third-order valence-corrected chi connectivity index (χ3v) is 3.58. The van der Waals surface area contributed by atoms with Gasteiger partial charge in [0.1, 0.15) is 5.75 Å². The summed E-state index contributed by atoms with van der Waals surface area (Å²) in [6.45, 7) is 0.0582. The second-order valence-electron chi connectivity index (χ2n) is 4.96. The Morgan fingerprint density at radius 1 is 1.10 bits per heavy atom. The lowest BCUT2D eigenvalue weighted by atomic mass is 10.1. The van der Waals surface area contributed by atoms with Crippen molar-refractivity contribution in [3.63, 3.8) is 0 Å². The third kappa shape index (κ3) is 2.82. The van der Waals surface area contributed by atoms with Gasteiger partial charge in [0.25, 0.3) is 5.91 Å². The van der Waals surface area contributed by atoms with Crippen molar-refractivity contribution in [3.05, 3.63) is 65.7 Å². The average Bonchev–Trinajstić information content (AvgIpc) is 2.90. The maximum absolute atomic E-state index is 11.9. The molecule has 0 heterocycles. The summed E-state index contributed by atoms with van der Waals surface area (Å²) < 4.78 is 5.45. The number of fused-ring (bicyclic) bond motifs is 1. The molecule has 20 heavy (non-hydrogen) atoms. The summed E-state index contributed by atoms with van der Waals surface area (Å²) >= 11 is 0. The van der Waals surface area contributed by atoms with Gasteiger partial charge >= 0.3 is 0 Å². The van der Waals surface area contributed by atoms with Gasteiger partial charge in [-0.3, -0.25) is 4.79 Å². The molecule has 0 radical (unpaired) electrons. The van der Waals surface area contributed by atoms with E-state index in [4.69, 9.17) is 4.74 Å². The Hall–Kier alpha value is -2.29. The van der Waals surface area contributed by atoms with Crippen LogP contribution in [0.4, 0.5) is 0 Å². The van der Waals surface area contributed by atoms with Gasteiger partial charge in [0.15, 0.2) is 6.61 Å². The SMILES string of the molecule is O=C(COc1ccccc1)N[C@@H]1CCc2ccccc21. The van der Waals surface area contributed by atoms with Crippen LogP contribution >= 0.6 is 0 Å². The van der Waals surface area contributed by atoms with Crippen LogP contribution in [-0.4, -0.2) is 12.5 Å². The fraction of sp³-hybridized carbons (Fsp3) is 0.235. The summed E-state index contributed by atoms with van der Waals surface area (Å²) in [5.41, 5.74) is 2.57. The summed E-state index contributed by atoms with van der Waals surface area (Å²) in [6, 6.07) is 17.8. The van der Waals surface area contributed by atoms with Crippen LogP contribution in [-0.2, 0) is 11.2 Å². The predicted octanol–water partition coefficient (Wildman–Crippen LogP) is 2.87. The molecule has 102 valence electrons.